The molecule has 30 heavy (non-hydrogen) atoms. The molecule has 7 nitrogen and oxygen atoms in total. The Morgan fingerprint density at radius 1 is 0.633 bits per heavy atom. The molecular formula is C23H22N2O5. The lowest BCUT2D eigenvalue weighted by atomic mass is 10.2. The summed E-state index contributed by atoms with van der Waals surface area (Å²) in [4.78, 5) is 24.3. The molecule has 0 saturated carbocycles. The maximum absolute atomic E-state index is 12.4. The topological polar surface area (TPSA) is 85.9 Å². The van der Waals surface area contributed by atoms with Gasteiger partial charge in [-0.25, -0.2) is 0 Å². The number of nitrogens with one attached hydrogen (secondary N) is 2. The summed E-state index contributed by atoms with van der Waals surface area (Å²) in [5, 5.41) is 0. The van der Waals surface area contributed by atoms with Crippen LogP contribution in [0.15, 0.2) is 84.9 Å². The third-order valence-electron chi connectivity index (χ3n) is 3.91. The van der Waals surface area contributed by atoms with Gasteiger partial charge in [0.2, 0.25) is 0 Å². The van der Waals surface area contributed by atoms with E-state index in [1.54, 1.807) is 48.5 Å². The van der Waals surface area contributed by atoms with E-state index in [4.69, 9.17) is 14.2 Å². The fourth-order valence-corrected chi connectivity index (χ4v) is 2.50. The highest BCUT2D eigenvalue weighted by Crippen LogP contribution is 2.18. The normalized spacial score (nSPS) is 10.0. The lowest BCUT2D eigenvalue weighted by molar-refractivity contribution is -0.123. The first-order chi connectivity index (χ1) is 14.7. The number of rotatable bonds is 9. The number of hydrogen-bond acceptors (Lipinski definition) is 5. The van der Waals surface area contributed by atoms with Crippen molar-refractivity contribution in [1.29, 1.82) is 0 Å². The van der Waals surface area contributed by atoms with Crippen molar-refractivity contribution in [3.8, 4) is 17.2 Å². The van der Waals surface area contributed by atoms with Crippen LogP contribution in [0, 0.1) is 0 Å². The average Bonchev–Trinajstić information content (AvgIpc) is 2.80. The van der Waals surface area contributed by atoms with Gasteiger partial charge in [0, 0.05) is 0 Å². The van der Waals surface area contributed by atoms with Crippen LogP contribution in [0.2, 0.25) is 0 Å². The molecule has 0 radical (unpaired) electrons. The van der Waals surface area contributed by atoms with Crippen LogP contribution in [0.5, 0.6) is 17.2 Å². The van der Waals surface area contributed by atoms with Crippen molar-refractivity contribution < 1.29 is 23.8 Å². The fraction of sp³-hybridized carbons (Fsp3) is 0.130. The molecular weight excluding hydrogens is 384 g/mol. The van der Waals surface area contributed by atoms with E-state index < -0.39 is 11.8 Å². The molecule has 0 aliphatic carbocycles. The predicted octanol–water partition coefficient (Wildman–Crippen LogP) is 2.98. The Kier molecular flexibility index (Phi) is 7.68. The van der Waals surface area contributed by atoms with E-state index in [9.17, 15) is 9.59 Å². The minimum absolute atomic E-state index is 0.223. The molecule has 0 aliphatic heterocycles. The molecule has 2 N–H and O–H groups in total. The zero-order chi connectivity index (χ0) is 21.0. The summed E-state index contributed by atoms with van der Waals surface area (Å²) in [6, 6.07) is 25.1. The summed E-state index contributed by atoms with van der Waals surface area (Å²) in [7, 11) is 0. The van der Waals surface area contributed by atoms with Crippen molar-refractivity contribution in [3.05, 3.63) is 90.5 Å². The van der Waals surface area contributed by atoms with Crippen LogP contribution in [-0.4, -0.2) is 31.6 Å². The van der Waals surface area contributed by atoms with E-state index in [0.717, 1.165) is 5.75 Å². The Morgan fingerprint density at radius 2 is 1.20 bits per heavy atom. The maximum atomic E-state index is 12.4. The summed E-state index contributed by atoms with van der Waals surface area (Å²) in [5.74, 6) is 0.717. The van der Waals surface area contributed by atoms with Gasteiger partial charge in [0.25, 0.3) is 11.8 Å². The maximum Gasteiger partial charge on any atom is 0.276 e. The summed E-state index contributed by atoms with van der Waals surface area (Å²) >= 11 is 0. The van der Waals surface area contributed by atoms with Gasteiger partial charge >= 0.3 is 0 Å². The van der Waals surface area contributed by atoms with Crippen molar-refractivity contribution in [2.45, 2.75) is 0 Å². The van der Waals surface area contributed by atoms with Crippen LogP contribution in [0.1, 0.15) is 10.4 Å². The van der Waals surface area contributed by atoms with Crippen molar-refractivity contribution in [1.82, 2.24) is 10.9 Å². The molecule has 0 fully saturated rings. The van der Waals surface area contributed by atoms with Gasteiger partial charge < -0.3 is 14.2 Å². The first-order valence-corrected chi connectivity index (χ1v) is 9.39. The second-order valence-electron chi connectivity index (χ2n) is 6.11. The number of carbonyl (C=O) groups excluding carboxylic acids is 2. The molecule has 3 aromatic carbocycles. The molecule has 154 valence electrons. The lowest BCUT2D eigenvalue weighted by Crippen LogP contribution is -2.43. The number of amides is 2. The number of carbonyl (C=O) groups is 2. The molecule has 0 saturated heterocycles. The highest BCUT2D eigenvalue weighted by Gasteiger charge is 2.13. The summed E-state index contributed by atoms with van der Waals surface area (Å²) in [6.45, 7) is 0.364. The zero-order valence-corrected chi connectivity index (χ0v) is 16.2. The SMILES string of the molecule is O=C(COc1ccccc1)NNC(=O)c1ccccc1OCCOc1ccccc1. The highest BCUT2D eigenvalue weighted by atomic mass is 16.5. The van der Waals surface area contributed by atoms with Gasteiger partial charge in [-0.15, -0.1) is 0 Å². The molecule has 0 aromatic heterocycles. The second-order valence-corrected chi connectivity index (χ2v) is 6.11. The second kappa shape index (κ2) is 11.1. The fourth-order valence-electron chi connectivity index (χ4n) is 2.50. The van der Waals surface area contributed by atoms with Crippen LogP contribution in [0.25, 0.3) is 0 Å². The first kappa shape index (κ1) is 20.7. The number of benzene rings is 3. The van der Waals surface area contributed by atoms with Crippen molar-refractivity contribution in [3.63, 3.8) is 0 Å². The number of para-hydroxylation sites is 3. The lowest BCUT2D eigenvalue weighted by Gasteiger charge is -2.13. The average molecular weight is 406 g/mol. The Labute approximate surface area is 174 Å². The molecule has 0 spiro atoms. The minimum Gasteiger partial charge on any atom is -0.490 e. The third kappa shape index (κ3) is 6.56. The third-order valence-corrected chi connectivity index (χ3v) is 3.91. The summed E-state index contributed by atoms with van der Waals surface area (Å²) in [6.07, 6.45) is 0. The van der Waals surface area contributed by atoms with Gasteiger partial charge in [0.15, 0.2) is 6.61 Å². The Morgan fingerprint density at radius 3 is 1.90 bits per heavy atom. The largest absolute Gasteiger partial charge is 0.490 e. The number of ether oxygens (including phenoxy) is 3. The van der Waals surface area contributed by atoms with Crippen molar-refractivity contribution >= 4 is 11.8 Å². The summed E-state index contributed by atoms with van der Waals surface area (Å²) in [5.41, 5.74) is 4.98. The Hall–Kier alpha value is -4.00. The van der Waals surface area contributed by atoms with Gasteiger partial charge in [-0.05, 0) is 36.4 Å². The molecule has 0 heterocycles. The van der Waals surface area contributed by atoms with Crippen LogP contribution in [0.4, 0.5) is 0 Å². The van der Waals surface area contributed by atoms with E-state index in [1.165, 1.54) is 0 Å². The van der Waals surface area contributed by atoms with Crippen molar-refractivity contribution in [2.75, 3.05) is 19.8 Å². The smallest absolute Gasteiger partial charge is 0.276 e. The molecule has 2 amide bonds. The Bertz CT molecular complexity index is 948. The van der Waals surface area contributed by atoms with E-state index >= 15 is 0 Å². The number of hydrazine groups is 1. The molecule has 3 rings (SSSR count). The van der Waals surface area contributed by atoms with Gasteiger partial charge in [0.05, 0.1) is 5.56 Å². The molecule has 7 heteroatoms. The highest BCUT2D eigenvalue weighted by molar-refractivity contribution is 5.97. The molecule has 0 aliphatic rings. The van der Waals surface area contributed by atoms with Crippen LogP contribution < -0.4 is 25.1 Å². The van der Waals surface area contributed by atoms with Gasteiger partial charge in [-0.1, -0.05) is 48.5 Å². The first-order valence-electron chi connectivity index (χ1n) is 9.39. The van der Waals surface area contributed by atoms with E-state index in [2.05, 4.69) is 10.9 Å². The van der Waals surface area contributed by atoms with E-state index in [1.807, 2.05) is 36.4 Å². The molecule has 0 atom stereocenters. The van der Waals surface area contributed by atoms with Crippen LogP contribution in [0.3, 0.4) is 0 Å². The monoisotopic (exact) mass is 406 g/mol. The zero-order valence-electron chi connectivity index (χ0n) is 16.2. The standard InChI is InChI=1S/C23H22N2O5/c26-22(17-30-19-11-5-2-6-12-19)24-25-23(27)20-13-7-8-14-21(20)29-16-15-28-18-9-3-1-4-10-18/h1-14H,15-17H2,(H,24,26)(H,25,27). The van der Waals surface area contributed by atoms with Crippen LogP contribution >= 0.6 is 0 Å². The minimum atomic E-state index is -0.498. The van der Waals surface area contributed by atoms with Crippen molar-refractivity contribution in [2.24, 2.45) is 0 Å². The quantitative estimate of drug-likeness (QED) is 0.422. The molecule has 3 aromatic rings. The molecule has 0 bridgehead atoms. The predicted molar refractivity (Wildman–Crippen MR) is 111 cm³/mol. The van der Waals surface area contributed by atoms with E-state index in [0.29, 0.717) is 23.7 Å². The van der Waals surface area contributed by atoms with Gasteiger partial charge in [-0.3, -0.25) is 20.4 Å². The van der Waals surface area contributed by atoms with Gasteiger partial charge in [-0.2, -0.15) is 0 Å². The summed E-state index contributed by atoms with van der Waals surface area (Å²) < 4.78 is 16.6. The Balaban J connectivity index is 1.44. The van der Waals surface area contributed by atoms with Gasteiger partial charge in [0.1, 0.15) is 30.5 Å². The van der Waals surface area contributed by atoms with Crippen LogP contribution in [-0.2, 0) is 4.79 Å². The number of hydrogen-bond donors (Lipinski definition) is 2. The molecule has 0 unspecified atom stereocenters. The van der Waals surface area contributed by atoms with E-state index in [-0.39, 0.29) is 13.2 Å².